The highest BCUT2D eigenvalue weighted by molar-refractivity contribution is 5.90. The minimum absolute atomic E-state index is 0.400. The molecular formula is C18H23N3O4. The number of ether oxygens (including phenoxy) is 2. The van der Waals surface area contributed by atoms with E-state index in [9.17, 15) is 4.79 Å². The first-order valence-corrected chi connectivity index (χ1v) is 7.94. The third-order valence-electron chi connectivity index (χ3n) is 3.43. The van der Waals surface area contributed by atoms with Gasteiger partial charge in [0, 0.05) is 7.05 Å². The van der Waals surface area contributed by atoms with Crippen molar-refractivity contribution in [1.82, 2.24) is 10.6 Å². The summed E-state index contributed by atoms with van der Waals surface area (Å²) in [6, 6.07) is 11.3. The van der Waals surface area contributed by atoms with E-state index < -0.39 is 5.97 Å². The number of esters is 1. The van der Waals surface area contributed by atoms with Gasteiger partial charge in [0.25, 0.3) is 0 Å². The molecule has 1 heterocycles. The van der Waals surface area contributed by atoms with Crippen LogP contribution in [0.2, 0.25) is 0 Å². The third kappa shape index (κ3) is 5.56. The average Bonchev–Trinajstić information content (AvgIpc) is 3.02. The lowest BCUT2D eigenvalue weighted by atomic mass is 10.2. The number of furan rings is 1. The molecule has 0 unspecified atom stereocenters. The Morgan fingerprint density at radius 2 is 2.00 bits per heavy atom. The van der Waals surface area contributed by atoms with Crippen molar-refractivity contribution in [1.29, 1.82) is 0 Å². The number of carbonyl (C=O) groups is 1. The number of hydrogen-bond donors (Lipinski definition) is 2. The van der Waals surface area contributed by atoms with Crippen molar-refractivity contribution >= 4 is 11.9 Å². The molecule has 0 aliphatic rings. The number of aliphatic imine (C=N–C) groups is 1. The van der Waals surface area contributed by atoms with Crippen molar-refractivity contribution in [2.75, 3.05) is 27.3 Å². The van der Waals surface area contributed by atoms with Crippen LogP contribution < -0.4 is 15.4 Å². The number of nitrogens with zero attached hydrogens (tertiary/aromatic N) is 1. The van der Waals surface area contributed by atoms with E-state index in [0.29, 0.717) is 42.7 Å². The van der Waals surface area contributed by atoms with Gasteiger partial charge in [-0.15, -0.1) is 0 Å². The van der Waals surface area contributed by atoms with Gasteiger partial charge in [-0.05, 0) is 25.1 Å². The Bertz CT molecular complexity index is 710. The number of methoxy groups -OCH3 is 1. The third-order valence-corrected chi connectivity index (χ3v) is 3.43. The number of para-hydroxylation sites is 1. The summed E-state index contributed by atoms with van der Waals surface area (Å²) in [5.74, 6) is 2.19. The van der Waals surface area contributed by atoms with Crippen molar-refractivity contribution in [3.8, 4) is 5.75 Å². The highest BCUT2D eigenvalue weighted by atomic mass is 16.5. The lowest BCUT2D eigenvalue weighted by molar-refractivity contribution is 0.0599. The van der Waals surface area contributed by atoms with Crippen molar-refractivity contribution < 1.29 is 18.7 Å². The molecule has 0 spiro atoms. The summed E-state index contributed by atoms with van der Waals surface area (Å²) >= 11 is 0. The van der Waals surface area contributed by atoms with Crippen LogP contribution in [0.1, 0.15) is 21.9 Å². The van der Waals surface area contributed by atoms with Gasteiger partial charge in [0.05, 0.1) is 20.2 Å². The monoisotopic (exact) mass is 345 g/mol. The van der Waals surface area contributed by atoms with Crippen LogP contribution in [0.5, 0.6) is 5.75 Å². The van der Waals surface area contributed by atoms with Crippen molar-refractivity contribution in [2.45, 2.75) is 13.5 Å². The molecular weight excluding hydrogens is 322 g/mol. The molecule has 0 amide bonds. The fraction of sp³-hybridized carbons (Fsp3) is 0.333. The van der Waals surface area contributed by atoms with Crippen LogP contribution >= 0.6 is 0 Å². The van der Waals surface area contributed by atoms with Crippen LogP contribution in [-0.2, 0) is 11.3 Å². The standard InChI is InChI=1S/C18H23N3O4/c1-13-16(17(22)23-3)11-15(25-13)12-21-18(19-2)20-9-10-24-14-7-5-4-6-8-14/h4-8,11H,9-10,12H2,1-3H3,(H2,19,20,21). The molecule has 0 radical (unpaired) electrons. The molecule has 2 rings (SSSR count). The molecule has 25 heavy (non-hydrogen) atoms. The Labute approximate surface area is 147 Å². The van der Waals surface area contributed by atoms with Crippen LogP contribution in [0, 0.1) is 6.92 Å². The first-order valence-electron chi connectivity index (χ1n) is 7.94. The highest BCUT2D eigenvalue weighted by Crippen LogP contribution is 2.15. The predicted molar refractivity (Wildman–Crippen MR) is 94.9 cm³/mol. The molecule has 2 aromatic rings. The minimum atomic E-state index is -0.409. The second kappa shape index (κ2) is 9.36. The predicted octanol–water partition coefficient (Wildman–Crippen LogP) is 2.12. The highest BCUT2D eigenvalue weighted by Gasteiger charge is 2.15. The number of guanidine groups is 1. The summed E-state index contributed by atoms with van der Waals surface area (Å²) < 4.78 is 15.9. The van der Waals surface area contributed by atoms with Gasteiger partial charge < -0.3 is 24.5 Å². The van der Waals surface area contributed by atoms with E-state index in [4.69, 9.17) is 13.9 Å². The van der Waals surface area contributed by atoms with Crippen molar-refractivity contribution in [2.24, 2.45) is 4.99 Å². The first-order chi connectivity index (χ1) is 12.1. The summed E-state index contributed by atoms with van der Waals surface area (Å²) in [6.45, 7) is 3.23. The molecule has 7 heteroatoms. The summed E-state index contributed by atoms with van der Waals surface area (Å²) in [5.41, 5.74) is 0.429. The number of carbonyl (C=O) groups excluding carboxylic acids is 1. The molecule has 0 aliphatic carbocycles. The van der Waals surface area contributed by atoms with Gasteiger partial charge >= 0.3 is 5.97 Å². The molecule has 0 fully saturated rings. The van der Waals surface area contributed by atoms with Gasteiger partial charge in [0.15, 0.2) is 5.96 Å². The van der Waals surface area contributed by atoms with Gasteiger partial charge in [-0.2, -0.15) is 0 Å². The van der Waals surface area contributed by atoms with Crippen LogP contribution in [0.25, 0.3) is 0 Å². The first kappa shape index (κ1) is 18.4. The summed E-state index contributed by atoms with van der Waals surface area (Å²) in [6.07, 6.45) is 0. The quantitative estimate of drug-likeness (QED) is 0.346. The van der Waals surface area contributed by atoms with Gasteiger partial charge in [-0.3, -0.25) is 4.99 Å². The van der Waals surface area contributed by atoms with Gasteiger partial charge in [0.2, 0.25) is 0 Å². The molecule has 1 aromatic heterocycles. The molecule has 2 N–H and O–H groups in total. The lowest BCUT2D eigenvalue weighted by Gasteiger charge is -2.11. The number of nitrogens with one attached hydrogen (secondary N) is 2. The van der Waals surface area contributed by atoms with Crippen LogP contribution in [0.4, 0.5) is 0 Å². The van der Waals surface area contributed by atoms with Gasteiger partial charge in [-0.25, -0.2) is 4.79 Å². The Morgan fingerprint density at radius 1 is 1.24 bits per heavy atom. The Balaban J connectivity index is 1.76. The van der Waals surface area contributed by atoms with E-state index in [1.165, 1.54) is 7.11 Å². The fourth-order valence-corrected chi connectivity index (χ4v) is 2.19. The van der Waals surface area contributed by atoms with Crippen LogP contribution in [0.15, 0.2) is 45.8 Å². The Hall–Kier alpha value is -2.96. The van der Waals surface area contributed by atoms with E-state index in [0.717, 1.165) is 5.75 Å². The molecule has 0 saturated carbocycles. The van der Waals surface area contributed by atoms with Crippen molar-refractivity contribution in [3.63, 3.8) is 0 Å². The Morgan fingerprint density at radius 3 is 2.68 bits per heavy atom. The number of hydrogen-bond acceptors (Lipinski definition) is 5. The number of aryl methyl sites for hydroxylation is 1. The molecule has 0 aliphatic heterocycles. The molecule has 7 nitrogen and oxygen atoms in total. The molecule has 0 atom stereocenters. The maximum absolute atomic E-state index is 11.6. The topological polar surface area (TPSA) is 85.1 Å². The molecule has 0 bridgehead atoms. The normalized spacial score (nSPS) is 11.1. The molecule has 1 aromatic carbocycles. The Kier molecular flexibility index (Phi) is 6.88. The van der Waals surface area contributed by atoms with Gasteiger partial charge in [0.1, 0.15) is 29.4 Å². The maximum Gasteiger partial charge on any atom is 0.341 e. The summed E-state index contributed by atoms with van der Waals surface area (Å²) in [7, 11) is 3.02. The van der Waals surface area contributed by atoms with E-state index >= 15 is 0 Å². The maximum atomic E-state index is 11.6. The zero-order chi connectivity index (χ0) is 18.1. The second-order valence-corrected chi connectivity index (χ2v) is 5.19. The summed E-state index contributed by atoms with van der Waals surface area (Å²) in [4.78, 5) is 15.7. The zero-order valence-electron chi connectivity index (χ0n) is 14.7. The molecule has 0 saturated heterocycles. The molecule has 134 valence electrons. The number of benzene rings is 1. The van der Waals surface area contributed by atoms with E-state index in [-0.39, 0.29) is 0 Å². The van der Waals surface area contributed by atoms with Crippen LogP contribution in [-0.4, -0.2) is 39.2 Å². The smallest absolute Gasteiger partial charge is 0.341 e. The lowest BCUT2D eigenvalue weighted by Crippen LogP contribution is -2.38. The SMILES string of the molecule is CN=C(NCCOc1ccccc1)NCc1cc(C(=O)OC)c(C)o1. The van der Waals surface area contributed by atoms with E-state index in [1.54, 1.807) is 20.0 Å². The second-order valence-electron chi connectivity index (χ2n) is 5.19. The largest absolute Gasteiger partial charge is 0.492 e. The van der Waals surface area contributed by atoms with Gasteiger partial charge in [-0.1, -0.05) is 18.2 Å². The number of rotatable bonds is 7. The van der Waals surface area contributed by atoms with E-state index in [1.807, 2.05) is 30.3 Å². The minimum Gasteiger partial charge on any atom is -0.492 e. The fourth-order valence-electron chi connectivity index (χ4n) is 2.19. The average molecular weight is 345 g/mol. The summed E-state index contributed by atoms with van der Waals surface area (Å²) in [5, 5.41) is 6.27. The van der Waals surface area contributed by atoms with E-state index in [2.05, 4.69) is 15.6 Å². The van der Waals surface area contributed by atoms with Crippen molar-refractivity contribution in [3.05, 3.63) is 53.5 Å². The zero-order valence-corrected chi connectivity index (χ0v) is 14.7. The van der Waals surface area contributed by atoms with Crippen LogP contribution in [0.3, 0.4) is 0 Å².